The highest BCUT2D eigenvalue weighted by Crippen LogP contribution is 2.44. The number of phenolic OH excluding ortho intramolecular Hbond substituents is 1. The predicted octanol–water partition coefficient (Wildman–Crippen LogP) is 6.60. The molecule has 1 aromatic heterocycles. The lowest BCUT2D eigenvalue weighted by Crippen LogP contribution is -2.51. The summed E-state index contributed by atoms with van der Waals surface area (Å²) in [5.74, 6) is 0.884. The number of phenols is 1. The lowest BCUT2D eigenvalue weighted by Gasteiger charge is -2.44. The van der Waals surface area contributed by atoms with E-state index in [1.54, 1.807) is 34.6 Å². The van der Waals surface area contributed by atoms with E-state index in [-0.39, 0.29) is 11.9 Å². The number of benzene rings is 2. The molecule has 6 nitrogen and oxygen atoms in total. The maximum atomic E-state index is 13.7. The first-order valence-corrected chi connectivity index (χ1v) is 16.7. The van der Waals surface area contributed by atoms with Crippen LogP contribution in [0, 0.1) is 0 Å². The number of hydrogen-bond donors (Lipinski definition) is 1. The number of sulfonamides is 1. The van der Waals surface area contributed by atoms with Crippen LogP contribution in [0.15, 0.2) is 59.6 Å². The summed E-state index contributed by atoms with van der Waals surface area (Å²) in [7, 11) is -5.62. The van der Waals surface area contributed by atoms with E-state index in [1.807, 2.05) is 12.1 Å². The molecule has 4 rings (SSSR count). The quantitative estimate of drug-likeness (QED) is 0.334. The maximum absolute atomic E-state index is 13.7. The predicted molar refractivity (Wildman–Crippen MR) is 149 cm³/mol. The Morgan fingerprint density at radius 3 is 2.03 bits per heavy atom. The van der Waals surface area contributed by atoms with Crippen molar-refractivity contribution in [2.45, 2.75) is 82.0 Å². The van der Waals surface area contributed by atoms with Crippen LogP contribution >= 0.6 is 0 Å². The smallest absolute Gasteiger partial charge is 0.243 e. The van der Waals surface area contributed by atoms with Gasteiger partial charge in [0.25, 0.3) is 0 Å². The Hall–Kier alpha value is -2.29. The maximum Gasteiger partial charge on any atom is 0.243 e. The standard InChI is InChI=1S/C28H40N2O4SSi/c1-20(2)36(21(3)4,22(5)6)30-18-13-23-7-12-27(19-28(23)30)35(32,33)29-16-14-26(15-17-29)34-25-10-8-24(31)9-11-25/h7-13,18-22,26,31H,14-17H2,1-6H3. The molecule has 0 saturated carbocycles. The molecule has 1 aliphatic rings. The second-order valence-electron chi connectivity index (χ2n) is 11.0. The molecule has 0 radical (unpaired) electrons. The zero-order valence-corrected chi connectivity index (χ0v) is 24.1. The number of ether oxygens (including phenoxy) is 1. The monoisotopic (exact) mass is 528 g/mol. The highest BCUT2D eigenvalue weighted by Gasteiger charge is 2.45. The van der Waals surface area contributed by atoms with Gasteiger partial charge in [-0.25, -0.2) is 8.42 Å². The van der Waals surface area contributed by atoms with Crippen LogP contribution in [-0.4, -0.2) is 49.5 Å². The first-order valence-electron chi connectivity index (χ1n) is 13.0. The molecule has 36 heavy (non-hydrogen) atoms. The van der Waals surface area contributed by atoms with Crippen LogP contribution in [0.3, 0.4) is 0 Å². The van der Waals surface area contributed by atoms with Crippen LogP contribution in [0.5, 0.6) is 11.5 Å². The van der Waals surface area contributed by atoms with Crippen molar-refractivity contribution < 1.29 is 18.3 Å². The number of aromatic hydroxyl groups is 1. The van der Waals surface area contributed by atoms with Gasteiger partial charge in [0.2, 0.25) is 10.0 Å². The summed E-state index contributed by atoms with van der Waals surface area (Å²) in [5.41, 5.74) is 2.58. The number of aromatic nitrogens is 1. The zero-order chi connectivity index (χ0) is 26.3. The third kappa shape index (κ3) is 4.71. The van der Waals surface area contributed by atoms with E-state index in [0.29, 0.717) is 53.2 Å². The van der Waals surface area contributed by atoms with Crippen molar-refractivity contribution in [1.29, 1.82) is 0 Å². The first kappa shape index (κ1) is 26.8. The summed E-state index contributed by atoms with van der Waals surface area (Å²) < 4.78 is 37.4. The number of rotatable bonds is 8. The fourth-order valence-electron chi connectivity index (χ4n) is 6.50. The molecule has 0 atom stereocenters. The lowest BCUT2D eigenvalue weighted by molar-refractivity contribution is 0.135. The molecule has 1 saturated heterocycles. The minimum Gasteiger partial charge on any atom is -0.508 e. The Labute approximate surface area is 217 Å². The molecule has 8 heteroatoms. The van der Waals surface area contributed by atoms with Gasteiger partial charge in [0, 0.05) is 18.6 Å². The van der Waals surface area contributed by atoms with Crippen LogP contribution in [-0.2, 0) is 10.0 Å². The summed E-state index contributed by atoms with van der Waals surface area (Å²) in [4.78, 5) is 0.368. The Morgan fingerprint density at radius 2 is 1.47 bits per heavy atom. The summed E-state index contributed by atoms with van der Waals surface area (Å²) in [6, 6.07) is 14.4. The molecule has 3 aromatic rings. The van der Waals surface area contributed by atoms with Crippen molar-refractivity contribution in [1.82, 2.24) is 8.54 Å². The first-order chi connectivity index (χ1) is 17.0. The molecule has 2 aromatic carbocycles. The average Bonchev–Trinajstić information content (AvgIpc) is 3.24. The van der Waals surface area contributed by atoms with Crippen LogP contribution in [0.2, 0.25) is 16.6 Å². The molecule has 0 aliphatic carbocycles. The molecule has 0 amide bonds. The van der Waals surface area contributed by atoms with Crippen LogP contribution < -0.4 is 4.74 Å². The Kier molecular flexibility index (Phi) is 7.60. The fraction of sp³-hybridized carbons (Fsp3) is 0.500. The van der Waals surface area contributed by atoms with Gasteiger partial charge >= 0.3 is 0 Å². The fourth-order valence-corrected chi connectivity index (χ4v) is 14.6. The van der Waals surface area contributed by atoms with Gasteiger partial charge in [-0.2, -0.15) is 4.31 Å². The summed E-state index contributed by atoms with van der Waals surface area (Å²) >= 11 is 0. The summed E-state index contributed by atoms with van der Waals surface area (Å²) in [5, 5.41) is 10.6. The van der Waals surface area contributed by atoms with Gasteiger partial charge in [0.05, 0.1) is 4.90 Å². The van der Waals surface area contributed by atoms with Gasteiger partial charge in [-0.1, -0.05) is 47.6 Å². The molecule has 2 heterocycles. The number of nitrogens with zero attached hydrogens (tertiary/aromatic N) is 2. The molecular formula is C28H40N2O4SSi. The number of hydrogen-bond acceptors (Lipinski definition) is 4. The van der Waals surface area contributed by atoms with Crippen molar-refractivity contribution in [2.75, 3.05) is 13.1 Å². The summed E-state index contributed by atoms with van der Waals surface area (Å²) in [6.45, 7) is 14.8. The molecule has 196 valence electrons. The van der Waals surface area contributed by atoms with E-state index in [4.69, 9.17) is 4.74 Å². The van der Waals surface area contributed by atoms with Gasteiger partial charge in [-0.15, -0.1) is 0 Å². The number of fused-ring (bicyclic) bond motifs is 1. The van der Waals surface area contributed by atoms with E-state index in [2.05, 4.69) is 58.0 Å². The second kappa shape index (κ2) is 10.2. The van der Waals surface area contributed by atoms with Crippen LogP contribution in [0.25, 0.3) is 10.9 Å². The minimum atomic E-state index is -3.61. The number of piperidine rings is 1. The Balaban J connectivity index is 1.59. The Morgan fingerprint density at radius 1 is 0.889 bits per heavy atom. The van der Waals surface area contributed by atoms with Crippen LogP contribution in [0.4, 0.5) is 0 Å². The lowest BCUT2D eigenvalue weighted by atomic mass is 10.1. The third-order valence-electron chi connectivity index (χ3n) is 8.03. The largest absolute Gasteiger partial charge is 0.508 e. The van der Waals surface area contributed by atoms with Gasteiger partial charge in [0.15, 0.2) is 8.24 Å². The van der Waals surface area contributed by atoms with E-state index < -0.39 is 18.3 Å². The van der Waals surface area contributed by atoms with E-state index in [9.17, 15) is 13.5 Å². The molecule has 0 spiro atoms. The van der Waals surface area contributed by atoms with Crippen molar-refractivity contribution in [2.24, 2.45) is 0 Å². The third-order valence-corrected chi connectivity index (χ3v) is 16.7. The molecule has 1 fully saturated rings. The van der Waals surface area contributed by atoms with E-state index in [0.717, 1.165) is 10.9 Å². The van der Waals surface area contributed by atoms with Gasteiger partial charge in [-0.05, 0) is 83.5 Å². The SMILES string of the molecule is CC(C)[Si](C(C)C)(C(C)C)n1ccc2ccc(S(=O)(=O)N3CCC(Oc4ccc(O)cc4)CC3)cc21. The second-order valence-corrected chi connectivity index (χ2v) is 18.6. The minimum absolute atomic E-state index is 0.0459. The molecular weight excluding hydrogens is 488 g/mol. The molecule has 1 N–H and O–H groups in total. The normalized spacial score (nSPS) is 16.5. The molecule has 1 aliphatic heterocycles. The van der Waals surface area contributed by atoms with Crippen molar-refractivity contribution in [3.63, 3.8) is 0 Å². The van der Waals surface area contributed by atoms with E-state index in [1.165, 1.54) is 0 Å². The van der Waals surface area contributed by atoms with Crippen molar-refractivity contribution >= 4 is 29.2 Å². The molecule has 0 unspecified atom stereocenters. The Bertz CT molecular complexity index is 1270. The van der Waals surface area contributed by atoms with Crippen molar-refractivity contribution in [3.8, 4) is 11.5 Å². The van der Waals surface area contributed by atoms with Crippen LogP contribution in [0.1, 0.15) is 54.4 Å². The van der Waals surface area contributed by atoms with E-state index >= 15 is 0 Å². The summed E-state index contributed by atoms with van der Waals surface area (Å²) in [6.07, 6.45) is 3.40. The van der Waals surface area contributed by atoms with Gasteiger partial charge in [0.1, 0.15) is 17.6 Å². The van der Waals surface area contributed by atoms with Crippen molar-refractivity contribution in [3.05, 3.63) is 54.7 Å². The topological polar surface area (TPSA) is 71.8 Å². The van der Waals surface area contributed by atoms with Gasteiger partial charge < -0.3 is 14.1 Å². The zero-order valence-electron chi connectivity index (χ0n) is 22.3. The highest BCUT2D eigenvalue weighted by atomic mass is 32.2. The highest BCUT2D eigenvalue weighted by molar-refractivity contribution is 7.89. The average molecular weight is 529 g/mol. The molecule has 0 bridgehead atoms. The van der Waals surface area contributed by atoms with Gasteiger partial charge in [-0.3, -0.25) is 0 Å².